The van der Waals surface area contributed by atoms with Gasteiger partial charge < -0.3 is 15.6 Å². The highest BCUT2D eigenvalue weighted by molar-refractivity contribution is 9.10. The monoisotopic (exact) mass is 364 g/mol. The third kappa shape index (κ3) is 2.41. The van der Waals surface area contributed by atoms with E-state index < -0.39 is 0 Å². The smallest absolute Gasteiger partial charge is 0.137 e. The Labute approximate surface area is 141 Å². The van der Waals surface area contributed by atoms with E-state index in [0.29, 0.717) is 16.8 Å². The second kappa shape index (κ2) is 5.25. The molecule has 112 valence electrons. The lowest BCUT2D eigenvalue weighted by Crippen LogP contribution is -2.00. The number of hydrogen-bond donors (Lipinski definition) is 2. The third-order valence-corrected chi connectivity index (χ3v) is 4.41. The highest BCUT2D eigenvalue weighted by Crippen LogP contribution is 2.40. The van der Waals surface area contributed by atoms with Gasteiger partial charge in [0.1, 0.15) is 11.3 Å². The van der Waals surface area contributed by atoms with E-state index in [1.54, 1.807) is 12.1 Å². The third-order valence-electron chi connectivity index (χ3n) is 3.88. The normalized spacial score (nSPS) is 11.2. The van der Waals surface area contributed by atoms with Crippen molar-refractivity contribution < 1.29 is 4.42 Å². The summed E-state index contributed by atoms with van der Waals surface area (Å²) in [5, 5.41) is 9.27. The van der Waals surface area contributed by atoms with E-state index in [2.05, 4.69) is 28.1 Å². The molecule has 0 unspecified atom stereocenters. The Balaban J connectivity index is 2.17. The Morgan fingerprint density at radius 2 is 1.70 bits per heavy atom. The van der Waals surface area contributed by atoms with E-state index in [-0.39, 0.29) is 0 Å². The van der Waals surface area contributed by atoms with Crippen molar-refractivity contribution in [1.82, 2.24) is 0 Å². The summed E-state index contributed by atoms with van der Waals surface area (Å²) in [4.78, 5) is 0. The summed E-state index contributed by atoms with van der Waals surface area (Å²) < 4.78 is 7.02. The Morgan fingerprint density at radius 3 is 2.48 bits per heavy atom. The fraction of sp³-hybridized carbons (Fsp3) is 0. The van der Waals surface area contributed by atoms with Crippen molar-refractivity contribution in [2.45, 2.75) is 0 Å². The van der Waals surface area contributed by atoms with E-state index in [1.807, 2.05) is 36.4 Å². The molecule has 0 fully saturated rings. The molecule has 0 amide bonds. The summed E-state index contributed by atoms with van der Waals surface area (Å²) in [6, 6.07) is 19.3. The van der Waals surface area contributed by atoms with Gasteiger partial charge in [-0.2, -0.15) is 0 Å². The number of fused-ring (bicyclic) bond motifs is 2. The SMILES string of the molecule is N=c1ccc2c(-c3ccc(Br)cc3)c3ccc(N)cc3oc-2c1. The molecule has 2 aliphatic rings. The molecule has 4 heteroatoms. The average molecular weight is 365 g/mol. The number of halogens is 1. The summed E-state index contributed by atoms with van der Waals surface area (Å²) in [6.45, 7) is 0. The number of benzene rings is 3. The fourth-order valence-electron chi connectivity index (χ4n) is 2.83. The summed E-state index contributed by atoms with van der Waals surface area (Å²) >= 11 is 3.48. The minimum Gasteiger partial charge on any atom is -0.456 e. The average Bonchev–Trinajstić information content (AvgIpc) is 2.53. The molecule has 2 aromatic rings. The van der Waals surface area contributed by atoms with Gasteiger partial charge in [0.05, 0.1) is 5.36 Å². The van der Waals surface area contributed by atoms with Gasteiger partial charge >= 0.3 is 0 Å². The van der Waals surface area contributed by atoms with Gasteiger partial charge in [0.25, 0.3) is 0 Å². The van der Waals surface area contributed by atoms with E-state index in [0.717, 1.165) is 32.1 Å². The maximum Gasteiger partial charge on any atom is 0.137 e. The molecule has 23 heavy (non-hydrogen) atoms. The van der Waals surface area contributed by atoms with E-state index in [9.17, 15) is 0 Å². The highest BCUT2D eigenvalue weighted by Gasteiger charge is 2.16. The van der Waals surface area contributed by atoms with Crippen LogP contribution in [0.5, 0.6) is 0 Å². The number of hydrogen-bond acceptors (Lipinski definition) is 3. The first kappa shape index (κ1) is 14.0. The molecule has 1 aliphatic carbocycles. The van der Waals surface area contributed by atoms with Gasteiger partial charge in [0.15, 0.2) is 0 Å². The van der Waals surface area contributed by atoms with Gasteiger partial charge in [0.2, 0.25) is 0 Å². The minimum atomic E-state index is 0.422. The van der Waals surface area contributed by atoms with Gasteiger partial charge in [-0.15, -0.1) is 0 Å². The van der Waals surface area contributed by atoms with Crippen molar-refractivity contribution in [1.29, 1.82) is 5.41 Å². The van der Waals surface area contributed by atoms with Gasteiger partial charge in [0, 0.05) is 38.8 Å². The van der Waals surface area contributed by atoms with Crippen LogP contribution in [0.15, 0.2) is 69.6 Å². The summed E-state index contributed by atoms with van der Waals surface area (Å²) in [7, 11) is 0. The van der Waals surface area contributed by atoms with Crippen LogP contribution in [0.3, 0.4) is 0 Å². The van der Waals surface area contributed by atoms with Crippen LogP contribution >= 0.6 is 15.9 Å². The Kier molecular flexibility index (Phi) is 3.20. The van der Waals surface area contributed by atoms with E-state index in [4.69, 9.17) is 15.6 Å². The lowest BCUT2D eigenvalue weighted by Gasteiger charge is -2.15. The van der Waals surface area contributed by atoms with Gasteiger partial charge in [-0.05, 0) is 42.0 Å². The predicted octanol–water partition coefficient (Wildman–Crippen LogP) is 5.03. The van der Waals surface area contributed by atoms with Crippen LogP contribution < -0.4 is 11.1 Å². The van der Waals surface area contributed by atoms with Gasteiger partial charge in [-0.25, -0.2) is 0 Å². The lowest BCUT2D eigenvalue weighted by molar-refractivity contribution is 0.619. The molecular weight excluding hydrogens is 352 g/mol. The second-order valence-corrected chi connectivity index (χ2v) is 6.37. The standard InChI is InChI=1S/C19H13BrN2O/c20-12-3-1-11(2-4-12)19-15-7-5-13(21)9-17(15)23-18-10-14(22)6-8-16(18)19/h1-10,21H,22H2. The summed E-state index contributed by atoms with van der Waals surface area (Å²) in [6.07, 6.45) is 0. The van der Waals surface area contributed by atoms with Crippen molar-refractivity contribution in [2.24, 2.45) is 0 Å². The molecule has 1 aliphatic heterocycles. The van der Waals surface area contributed by atoms with E-state index >= 15 is 0 Å². The fourth-order valence-corrected chi connectivity index (χ4v) is 3.10. The Morgan fingerprint density at radius 1 is 0.913 bits per heavy atom. The van der Waals surface area contributed by atoms with E-state index in [1.165, 1.54) is 0 Å². The van der Waals surface area contributed by atoms with Crippen molar-refractivity contribution in [3.8, 4) is 22.5 Å². The molecular formula is C19H13BrN2O. The highest BCUT2D eigenvalue weighted by atomic mass is 79.9. The molecule has 1 heterocycles. The number of nitrogen functional groups attached to an aromatic ring is 1. The van der Waals surface area contributed by atoms with Crippen molar-refractivity contribution in [3.63, 3.8) is 0 Å². The quantitative estimate of drug-likeness (QED) is 0.367. The number of nitrogens with one attached hydrogen (secondary N) is 1. The summed E-state index contributed by atoms with van der Waals surface area (Å²) in [5.41, 5.74) is 10.5. The predicted molar refractivity (Wildman–Crippen MR) is 96.2 cm³/mol. The number of rotatable bonds is 1. The second-order valence-electron chi connectivity index (χ2n) is 5.45. The zero-order valence-electron chi connectivity index (χ0n) is 12.1. The molecule has 0 atom stereocenters. The topological polar surface area (TPSA) is 63.0 Å². The molecule has 0 saturated heterocycles. The van der Waals surface area contributed by atoms with Crippen LogP contribution in [-0.4, -0.2) is 0 Å². The van der Waals surface area contributed by atoms with Gasteiger partial charge in [-0.3, -0.25) is 0 Å². The molecule has 0 aromatic heterocycles. The van der Waals surface area contributed by atoms with Crippen molar-refractivity contribution in [3.05, 3.63) is 70.5 Å². The van der Waals surface area contributed by atoms with Crippen molar-refractivity contribution >= 4 is 32.6 Å². The maximum atomic E-state index is 7.84. The largest absolute Gasteiger partial charge is 0.456 e. The van der Waals surface area contributed by atoms with Gasteiger partial charge in [-0.1, -0.05) is 28.1 Å². The van der Waals surface area contributed by atoms with Crippen LogP contribution in [0, 0.1) is 5.41 Å². The first-order valence-corrected chi connectivity index (χ1v) is 7.98. The molecule has 4 rings (SSSR count). The van der Waals surface area contributed by atoms with Crippen LogP contribution in [0.25, 0.3) is 33.4 Å². The first-order chi connectivity index (χ1) is 11.1. The molecule has 3 nitrogen and oxygen atoms in total. The Hall–Kier alpha value is -2.59. The molecule has 0 spiro atoms. The number of nitrogens with two attached hydrogens (primary N) is 1. The number of anilines is 1. The van der Waals surface area contributed by atoms with Crippen molar-refractivity contribution in [2.75, 3.05) is 5.73 Å². The van der Waals surface area contributed by atoms with Crippen LogP contribution in [0.2, 0.25) is 0 Å². The minimum absolute atomic E-state index is 0.422. The van der Waals surface area contributed by atoms with Crippen LogP contribution in [-0.2, 0) is 0 Å². The zero-order chi connectivity index (χ0) is 16.0. The first-order valence-electron chi connectivity index (χ1n) is 7.18. The maximum absolute atomic E-state index is 7.84. The molecule has 0 bridgehead atoms. The zero-order valence-corrected chi connectivity index (χ0v) is 13.7. The van der Waals surface area contributed by atoms with Crippen LogP contribution in [0.4, 0.5) is 5.69 Å². The Bertz CT molecular complexity index is 1050. The molecule has 0 saturated carbocycles. The summed E-state index contributed by atoms with van der Waals surface area (Å²) in [5.74, 6) is 0.688. The molecule has 3 N–H and O–H groups in total. The molecule has 2 aromatic carbocycles. The lowest BCUT2D eigenvalue weighted by atomic mass is 9.94. The van der Waals surface area contributed by atoms with Crippen LogP contribution in [0.1, 0.15) is 0 Å². The molecule has 0 radical (unpaired) electrons.